The molecule has 0 bridgehead atoms. The molecule has 4 amide bonds. The van der Waals surface area contributed by atoms with Gasteiger partial charge >= 0.3 is 0 Å². The summed E-state index contributed by atoms with van der Waals surface area (Å²) in [7, 11) is 0. The maximum atomic E-state index is 12.8. The molecule has 2 aliphatic carbocycles. The van der Waals surface area contributed by atoms with Crippen LogP contribution in [0, 0.1) is 23.7 Å². The van der Waals surface area contributed by atoms with E-state index >= 15 is 0 Å². The van der Waals surface area contributed by atoms with E-state index in [-0.39, 0.29) is 35.0 Å². The van der Waals surface area contributed by atoms with E-state index in [9.17, 15) is 19.2 Å². The Kier molecular flexibility index (Phi) is 11.2. The molecule has 2 fully saturated rings. The minimum Gasteiger partial charge on any atom is -0.356 e. The highest BCUT2D eigenvalue weighted by Crippen LogP contribution is 2.29. The van der Waals surface area contributed by atoms with E-state index in [2.05, 4.69) is 31.2 Å². The molecule has 0 radical (unpaired) electrons. The fourth-order valence-corrected chi connectivity index (χ4v) is 5.74. The molecule has 0 saturated heterocycles. The SMILES string of the molecule is CC(=O)NC[C@H]1CC[C@@H](CNC(=O)c2cccc(C(=O)NC[C@H]3CC[C@@H](CNC(=O)c4ccccn4)CC3)n2)CC1. The van der Waals surface area contributed by atoms with Crippen LogP contribution in [0.1, 0.15) is 89.8 Å². The smallest absolute Gasteiger partial charge is 0.269 e. The Balaban J connectivity index is 1.13. The highest BCUT2D eigenvalue weighted by molar-refractivity contribution is 5.96. The maximum Gasteiger partial charge on any atom is 0.269 e. The van der Waals surface area contributed by atoms with Gasteiger partial charge in [-0.1, -0.05) is 12.1 Å². The van der Waals surface area contributed by atoms with E-state index in [0.717, 1.165) is 57.9 Å². The Labute approximate surface area is 241 Å². The average Bonchev–Trinajstić information content (AvgIpc) is 3.01. The Hall–Kier alpha value is -3.82. The summed E-state index contributed by atoms with van der Waals surface area (Å²) >= 11 is 0. The van der Waals surface area contributed by atoms with Crippen LogP contribution < -0.4 is 21.3 Å². The minimum atomic E-state index is -0.276. The van der Waals surface area contributed by atoms with Crippen molar-refractivity contribution in [2.24, 2.45) is 23.7 Å². The fourth-order valence-electron chi connectivity index (χ4n) is 5.74. The molecule has 0 aliphatic heterocycles. The molecule has 0 atom stereocenters. The largest absolute Gasteiger partial charge is 0.356 e. The summed E-state index contributed by atoms with van der Waals surface area (Å²) in [6.07, 6.45) is 9.68. The summed E-state index contributed by atoms with van der Waals surface area (Å²) in [5.74, 6) is 1.02. The number of carbonyl (C=O) groups is 4. The molecule has 0 unspecified atom stereocenters. The lowest BCUT2D eigenvalue weighted by molar-refractivity contribution is -0.119. The summed E-state index contributed by atoms with van der Waals surface area (Å²) in [6.45, 7) is 4.04. The first-order valence-corrected chi connectivity index (χ1v) is 14.8. The molecule has 41 heavy (non-hydrogen) atoms. The van der Waals surface area contributed by atoms with E-state index in [0.29, 0.717) is 49.0 Å². The predicted octanol–water partition coefficient (Wildman–Crippen LogP) is 3.12. The average molecular weight is 563 g/mol. The van der Waals surface area contributed by atoms with E-state index in [4.69, 9.17) is 0 Å². The van der Waals surface area contributed by atoms with Gasteiger partial charge in [0.2, 0.25) is 5.91 Å². The van der Waals surface area contributed by atoms with Crippen LogP contribution in [0.3, 0.4) is 0 Å². The Morgan fingerprint density at radius 1 is 0.585 bits per heavy atom. The molecule has 220 valence electrons. The number of amides is 4. The number of hydrogen-bond donors (Lipinski definition) is 4. The zero-order chi connectivity index (χ0) is 29.0. The van der Waals surface area contributed by atoms with Crippen molar-refractivity contribution in [3.8, 4) is 0 Å². The molecule has 10 nitrogen and oxygen atoms in total. The van der Waals surface area contributed by atoms with Crippen LogP contribution in [0.4, 0.5) is 0 Å². The highest BCUT2D eigenvalue weighted by atomic mass is 16.2. The molecular formula is C31H42N6O4. The van der Waals surface area contributed by atoms with Crippen molar-refractivity contribution in [3.05, 3.63) is 59.7 Å². The van der Waals surface area contributed by atoms with Crippen molar-refractivity contribution in [3.63, 3.8) is 0 Å². The van der Waals surface area contributed by atoms with Crippen molar-refractivity contribution in [2.75, 3.05) is 26.2 Å². The normalized spacial score (nSPS) is 22.3. The van der Waals surface area contributed by atoms with Gasteiger partial charge in [-0.3, -0.25) is 24.2 Å². The molecule has 2 aromatic rings. The second-order valence-corrected chi connectivity index (χ2v) is 11.5. The lowest BCUT2D eigenvalue weighted by Gasteiger charge is -2.28. The van der Waals surface area contributed by atoms with Crippen LogP contribution in [-0.4, -0.2) is 59.8 Å². The summed E-state index contributed by atoms with van der Waals surface area (Å²) in [4.78, 5) is 57.3. The fraction of sp³-hybridized carbons (Fsp3) is 0.548. The molecule has 2 aliphatic rings. The second-order valence-electron chi connectivity index (χ2n) is 11.5. The predicted molar refractivity (Wildman–Crippen MR) is 155 cm³/mol. The number of nitrogens with one attached hydrogen (secondary N) is 4. The third-order valence-electron chi connectivity index (χ3n) is 8.34. The van der Waals surface area contributed by atoms with Crippen molar-refractivity contribution >= 4 is 23.6 Å². The quantitative estimate of drug-likeness (QED) is 0.332. The molecule has 0 aromatic carbocycles. The first-order chi connectivity index (χ1) is 19.9. The molecule has 10 heteroatoms. The zero-order valence-electron chi connectivity index (χ0n) is 23.9. The number of pyridine rings is 2. The van der Waals surface area contributed by atoms with Crippen LogP contribution in [-0.2, 0) is 4.79 Å². The number of aromatic nitrogens is 2. The van der Waals surface area contributed by atoms with Crippen molar-refractivity contribution in [2.45, 2.75) is 58.3 Å². The van der Waals surface area contributed by atoms with Gasteiger partial charge in [-0.2, -0.15) is 0 Å². The Bertz CT molecular complexity index is 1170. The maximum absolute atomic E-state index is 12.8. The summed E-state index contributed by atoms with van der Waals surface area (Å²) in [6, 6.07) is 10.2. The number of rotatable bonds is 11. The monoisotopic (exact) mass is 562 g/mol. The van der Waals surface area contributed by atoms with Gasteiger partial charge in [-0.25, -0.2) is 4.98 Å². The van der Waals surface area contributed by atoms with Gasteiger partial charge in [0.25, 0.3) is 17.7 Å². The lowest BCUT2D eigenvalue weighted by Crippen LogP contribution is -2.35. The number of hydrogen-bond acceptors (Lipinski definition) is 6. The number of nitrogens with zero attached hydrogens (tertiary/aromatic N) is 2. The summed E-state index contributed by atoms with van der Waals surface area (Å²) < 4.78 is 0. The second kappa shape index (κ2) is 15.3. The summed E-state index contributed by atoms with van der Waals surface area (Å²) in [5, 5.41) is 11.8. The standard InChI is InChI=1S/C31H42N6O4/c1-21(38)33-17-22-8-10-24(11-9-22)19-35-30(40)27-6-4-7-28(37-27)31(41)36-20-25-14-12-23(13-15-25)18-34-29(39)26-5-2-3-16-32-26/h2-7,16,22-25H,8-15,17-20H2,1H3,(H,33,38)(H,34,39)(H,35,40)(H,36,41)/t22-,23-,24+,25+. The van der Waals surface area contributed by atoms with E-state index in [1.807, 2.05) is 0 Å². The van der Waals surface area contributed by atoms with Crippen LogP contribution in [0.25, 0.3) is 0 Å². The summed E-state index contributed by atoms with van der Waals surface area (Å²) in [5.41, 5.74) is 0.907. The van der Waals surface area contributed by atoms with Gasteiger partial charge in [-0.05, 0) is 99.3 Å². The molecule has 0 spiro atoms. The van der Waals surface area contributed by atoms with Gasteiger partial charge < -0.3 is 21.3 Å². The zero-order valence-corrected chi connectivity index (χ0v) is 23.9. The molecule has 4 N–H and O–H groups in total. The van der Waals surface area contributed by atoms with Crippen LogP contribution in [0.15, 0.2) is 42.6 Å². The first-order valence-electron chi connectivity index (χ1n) is 14.8. The van der Waals surface area contributed by atoms with Crippen LogP contribution in [0.5, 0.6) is 0 Å². The molecular weight excluding hydrogens is 520 g/mol. The highest BCUT2D eigenvalue weighted by Gasteiger charge is 2.24. The lowest BCUT2D eigenvalue weighted by atomic mass is 9.82. The molecule has 2 aromatic heterocycles. The molecule has 2 heterocycles. The Morgan fingerprint density at radius 3 is 1.37 bits per heavy atom. The van der Waals surface area contributed by atoms with Gasteiger partial charge in [0.15, 0.2) is 0 Å². The third-order valence-corrected chi connectivity index (χ3v) is 8.34. The molecule has 2 saturated carbocycles. The van der Waals surface area contributed by atoms with Crippen LogP contribution >= 0.6 is 0 Å². The van der Waals surface area contributed by atoms with Gasteiger partial charge in [0.05, 0.1) is 0 Å². The van der Waals surface area contributed by atoms with Crippen molar-refractivity contribution < 1.29 is 19.2 Å². The minimum absolute atomic E-state index is 0.00587. The molecule has 4 rings (SSSR count). The van der Waals surface area contributed by atoms with E-state index in [1.54, 1.807) is 42.6 Å². The van der Waals surface area contributed by atoms with Crippen molar-refractivity contribution in [1.82, 2.24) is 31.2 Å². The first kappa shape index (κ1) is 30.1. The number of carbonyl (C=O) groups excluding carboxylic acids is 4. The van der Waals surface area contributed by atoms with Gasteiger partial charge in [0, 0.05) is 39.3 Å². The van der Waals surface area contributed by atoms with Crippen LogP contribution in [0.2, 0.25) is 0 Å². The van der Waals surface area contributed by atoms with Gasteiger partial charge in [0.1, 0.15) is 17.1 Å². The third kappa shape index (κ3) is 9.65. The van der Waals surface area contributed by atoms with Gasteiger partial charge in [-0.15, -0.1) is 0 Å². The van der Waals surface area contributed by atoms with E-state index in [1.165, 1.54) is 6.92 Å². The Morgan fingerprint density at radius 2 is 0.976 bits per heavy atom. The van der Waals surface area contributed by atoms with E-state index < -0.39 is 0 Å². The topological polar surface area (TPSA) is 142 Å². The van der Waals surface area contributed by atoms with Crippen molar-refractivity contribution in [1.29, 1.82) is 0 Å².